The van der Waals surface area contributed by atoms with Crippen molar-refractivity contribution < 1.29 is 0 Å². The first-order valence-electron chi connectivity index (χ1n) is 4.18. The fourth-order valence-electron chi connectivity index (χ4n) is 1.09. The molecule has 4 heteroatoms. The van der Waals surface area contributed by atoms with Crippen LogP contribution in [0, 0.1) is 6.92 Å². The van der Waals surface area contributed by atoms with Crippen molar-refractivity contribution in [1.82, 2.24) is 15.2 Å². The standard InChI is InChI=1S/C10H8BrN3/c1-7-12-6-10(14-13-7)8-2-4-9(11)5-3-8/h2-6H,1H3. The molecule has 0 saturated carbocycles. The summed E-state index contributed by atoms with van der Waals surface area (Å²) in [6, 6.07) is 7.89. The molecule has 0 fully saturated rings. The molecule has 3 nitrogen and oxygen atoms in total. The molecule has 0 amide bonds. The number of hydrogen-bond acceptors (Lipinski definition) is 3. The lowest BCUT2D eigenvalue weighted by Crippen LogP contribution is -1.92. The van der Waals surface area contributed by atoms with Gasteiger partial charge in [0.25, 0.3) is 0 Å². The molecule has 70 valence electrons. The first-order chi connectivity index (χ1) is 6.75. The monoisotopic (exact) mass is 249 g/mol. The van der Waals surface area contributed by atoms with Crippen molar-refractivity contribution in [2.75, 3.05) is 0 Å². The second kappa shape index (κ2) is 3.84. The van der Waals surface area contributed by atoms with Crippen molar-refractivity contribution in [3.05, 3.63) is 40.8 Å². The molecule has 1 heterocycles. The van der Waals surface area contributed by atoms with E-state index in [0.29, 0.717) is 5.82 Å². The number of hydrogen-bond donors (Lipinski definition) is 0. The summed E-state index contributed by atoms with van der Waals surface area (Å²) in [5.74, 6) is 0.686. The van der Waals surface area contributed by atoms with E-state index in [1.807, 2.05) is 31.2 Å². The van der Waals surface area contributed by atoms with E-state index >= 15 is 0 Å². The van der Waals surface area contributed by atoms with Gasteiger partial charge in [0, 0.05) is 10.0 Å². The van der Waals surface area contributed by atoms with E-state index < -0.39 is 0 Å². The average Bonchev–Trinajstić information content (AvgIpc) is 2.21. The van der Waals surface area contributed by atoms with E-state index in [1.165, 1.54) is 0 Å². The van der Waals surface area contributed by atoms with Gasteiger partial charge in [0.15, 0.2) is 0 Å². The van der Waals surface area contributed by atoms with E-state index in [1.54, 1.807) is 6.20 Å². The highest BCUT2D eigenvalue weighted by Crippen LogP contribution is 2.18. The maximum Gasteiger partial charge on any atom is 0.147 e. The van der Waals surface area contributed by atoms with Crippen molar-refractivity contribution >= 4 is 15.9 Å². The van der Waals surface area contributed by atoms with Crippen LogP contribution in [0.25, 0.3) is 11.3 Å². The Labute approximate surface area is 90.3 Å². The molecule has 0 radical (unpaired) electrons. The van der Waals surface area contributed by atoms with Crippen molar-refractivity contribution in [1.29, 1.82) is 0 Å². The van der Waals surface area contributed by atoms with Crippen LogP contribution >= 0.6 is 15.9 Å². The van der Waals surface area contributed by atoms with Crippen molar-refractivity contribution in [2.24, 2.45) is 0 Å². The fourth-order valence-corrected chi connectivity index (χ4v) is 1.35. The van der Waals surface area contributed by atoms with Gasteiger partial charge in [-0.2, -0.15) is 0 Å². The molecule has 2 rings (SSSR count). The summed E-state index contributed by atoms with van der Waals surface area (Å²) >= 11 is 3.38. The second-order valence-corrected chi connectivity index (χ2v) is 3.81. The largest absolute Gasteiger partial charge is 0.237 e. The highest BCUT2D eigenvalue weighted by atomic mass is 79.9. The van der Waals surface area contributed by atoms with Gasteiger partial charge in [-0.1, -0.05) is 28.1 Å². The third-order valence-electron chi connectivity index (χ3n) is 1.82. The van der Waals surface area contributed by atoms with Gasteiger partial charge < -0.3 is 0 Å². The number of nitrogens with zero attached hydrogens (tertiary/aromatic N) is 3. The molecule has 1 aromatic carbocycles. The Kier molecular flexibility index (Phi) is 2.54. The Morgan fingerprint density at radius 2 is 1.79 bits per heavy atom. The second-order valence-electron chi connectivity index (χ2n) is 2.90. The maximum atomic E-state index is 4.09. The molecule has 14 heavy (non-hydrogen) atoms. The third kappa shape index (κ3) is 1.96. The smallest absolute Gasteiger partial charge is 0.147 e. The zero-order valence-corrected chi connectivity index (χ0v) is 9.19. The van der Waals surface area contributed by atoms with Crippen LogP contribution in [0.4, 0.5) is 0 Å². The molecule has 1 aromatic heterocycles. The minimum Gasteiger partial charge on any atom is -0.237 e. The number of aryl methyl sites for hydroxylation is 1. The van der Waals surface area contributed by atoms with Crippen LogP contribution in [0.5, 0.6) is 0 Å². The summed E-state index contributed by atoms with van der Waals surface area (Å²) in [6.07, 6.45) is 1.73. The van der Waals surface area contributed by atoms with E-state index in [4.69, 9.17) is 0 Å². The predicted octanol–water partition coefficient (Wildman–Crippen LogP) is 2.61. The van der Waals surface area contributed by atoms with E-state index in [9.17, 15) is 0 Å². The zero-order chi connectivity index (χ0) is 9.97. The topological polar surface area (TPSA) is 38.7 Å². The molecule has 0 saturated heterocycles. The molecule has 0 unspecified atom stereocenters. The minimum absolute atomic E-state index is 0.686. The molecule has 0 bridgehead atoms. The molecule has 0 aliphatic rings. The molecule has 0 N–H and O–H groups in total. The van der Waals surface area contributed by atoms with E-state index in [-0.39, 0.29) is 0 Å². The van der Waals surface area contributed by atoms with Gasteiger partial charge in [0.2, 0.25) is 0 Å². The van der Waals surface area contributed by atoms with Gasteiger partial charge in [-0.25, -0.2) is 4.98 Å². The molecular formula is C10H8BrN3. The lowest BCUT2D eigenvalue weighted by atomic mass is 10.2. The molecule has 0 atom stereocenters. The Morgan fingerprint density at radius 3 is 2.36 bits per heavy atom. The quantitative estimate of drug-likeness (QED) is 0.780. The highest BCUT2D eigenvalue weighted by Gasteiger charge is 1.99. The van der Waals surface area contributed by atoms with Crippen LogP contribution < -0.4 is 0 Å². The Morgan fingerprint density at radius 1 is 1.07 bits per heavy atom. The van der Waals surface area contributed by atoms with Crippen LogP contribution in [-0.4, -0.2) is 15.2 Å². The Hall–Kier alpha value is -1.29. The van der Waals surface area contributed by atoms with Gasteiger partial charge in [-0.05, 0) is 19.1 Å². The van der Waals surface area contributed by atoms with Gasteiger partial charge in [0.1, 0.15) is 11.5 Å². The number of benzene rings is 1. The normalized spacial score (nSPS) is 10.1. The summed E-state index contributed by atoms with van der Waals surface area (Å²) in [6.45, 7) is 1.82. The number of aromatic nitrogens is 3. The van der Waals surface area contributed by atoms with Gasteiger partial charge in [0.05, 0.1) is 6.20 Å². The fraction of sp³-hybridized carbons (Fsp3) is 0.100. The predicted molar refractivity (Wildman–Crippen MR) is 57.7 cm³/mol. The third-order valence-corrected chi connectivity index (χ3v) is 2.34. The number of halogens is 1. The van der Waals surface area contributed by atoms with E-state index in [0.717, 1.165) is 15.7 Å². The van der Waals surface area contributed by atoms with Crippen molar-refractivity contribution in [2.45, 2.75) is 6.92 Å². The first kappa shape index (κ1) is 9.27. The first-order valence-corrected chi connectivity index (χ1v) is 4.97. The summed E-state index contributed by atoms with van der Waals surface area (Å²) in [7, 11) is 0. The van der Waals surface area contributed by atoms with E-state index in [2.05, 4.69) is 31.1 Å². The van der Waals surface area contributed by atoms with Crippen LogP contribution in [0.1, 0.15) is 5.82 Å². The van der Waals surface area contributed by atoms with Crippen LogP contribution in [-0.2, 0) is 0 Å². The van der Waals surface area contributed by atoms with Gasteiger partial charge >= 0.3 is 0 Å². The molecule has 0 aliphatic heterocycles. The Balaban J connectivity index is 2.40. The molecule has 0 aliphatic carbocycles. The van der Waals surface area contributed by atoms with Crippen molar-refractivity contribution in [3.63, 3.8) is 0 Å². The van der Waals surface area contributed by atoms with Gasteiger partial charge in [-0.15, -0.1) is 10.2 Å². The van der Waals surface area contributed by atoms with Crippen LogP contribution in [0.2, 0.25) is 0 Å². The zero-order valence-electron chi connectivity index (χ0n) is 7.61. The maximum absolute atomic E-state index is 4.09. The van der Waals surface area contributed by atoms with Crippen LogP contribution in [0.15, 0.2) is 34.9 Å². The summed E-state index contributed by atoms with van der Waals surface area (Å²) in [5.41, 5.74) is 1.82. The summed E-state index contributed by atoms with van der Waals surface area (Å²) in [5, 5.41) is 7.96. The molecule has 2 aromatic rings. The highest BCUT2D eigenvalue weighted by molar-refractivity contribution is 9.10. The van der Waals surface area contributed by atoms with Gasteiger partial charge in [-0.3, -0.25) is 0 Å². The number of rotatable bonds is 1. The SMILES string of the molecule is Cc1ncc(-c2ccc(Br)cc2)nn1. The minimum atomic E-state index is 0.686. The lowest BCUT2D eigenvalue weighted by Gasteiger charge is -1.99. The summed E-state index contributed by atoms with van der Waals surface area (Å²) in [4.78, 5) is 4.09. The lowest BCUT2D eigenvalue weighted by molar-refractivity contribution is 0.913. The molecular weight excluding hydrogens is 242 g/mol. The van der Waals surface area contributed by atoms with Crippen molar-refractivity contribution in [3.8, 4) is 11.3 Å². The van der Waals surface area contributed by atoms with Crippen LogP contribution in [0.3, 0.4) is 0 Å². The summed E-state index contributed by atoms with van der Waals surface area (Å²) < 4.78 is 1.05. The Bertz CT molecular complexity index is 379. The molecule has 0 spiro atoms. The average molecular weight is 250 g/mol.